The molecule has 0 bridgehead atoms. The second-order valence-electron chi connectivity index (χ2n) is 3.68. The lowest BCUT2D eigenvalue weighted by Gasteiger charge is -2.24. The highest BCUT2D eigenvalue weighted by atomic mass is 16.5. The second kappa shape index (κ2) is 4.32. The van der Waals surface area contributed by atoms with E-state index in [-0.39, 0.29) is 0 Å². The van der Waals surface area contributed by atoms with Crippen LogP contribution in [-0.2, 0) is 0 Å². The number of allylic oxidation sites excluding steroid dienone is 2. The Kier molecular flexibility index (Phi) is 2.87. The molecule has 1 aromatic carbocycles. The van der Waals surface area contributed by atoms with Crippen LogP contribution in [-0.4, -0.2) is 6.61 Å². The first-order valence-electron chi connectivity index (χ1n) is 5.24. The van der Waals surface area contributed by atoms with Gasteiger partial charge in [0.15, 0.2) is 0 Å². The van der Waals surface area contributed by atoms with Crippen molar-refractivity contribution in [3.8, 4) is 5.75 Å². The van der Waals surface area contributed by atoms with Gasteiger partial charge in [0.05, 0.1) is 6.61 Å². The molecule has 0 fully saturated rings. The van der Waals surface area contributed by atoms with E-state index in [0.29, 0.717) is 5.92 Å². The molecule has 1 aliphatic rings. The lowest BCUT2D eigenvalue weighted by molar-refractivity contribution is 0.267. The highest BCUT2D eigenvalue weighted by Crippen LogP contribution is 2.35. The molecule has 2 rings (SSSR count). The zero-order valence-electron chi connectivity index (χ0n) is 8.57. The van der Waals surface area contributed by atoms with Gasteiger partial charge in [0.25, 0.3) is 0 Å². The Morgan fingerprint density at radius 2 is 2.29 bits per heavy atom. The summed E-state index contributed by atoms with van der Waals surface area (Å²) in [6.07, 6.45) is 6.64. The van der Waals surface area contributed by atoms with Crippen molar-refractivity contribution in [1.29, 1.82) is 0 Å². The van der Waals surface area contributed by atoms with E-state index in [1.54, 1.807) is 0 Å². The normalized spacial score (nSPS) is 20.5. The van der Waals surface area contributed by atoms with E-state index in [9.17, 15) is 0 Å². The molecular weight excluding hydrogens is 172 g/mol. The van der Waals surface area contributed by atoms with Crippen LogP contribution in [0.5, 0.6) is 5.75 Å². The fraction of sp³-hybridized carbons (Fsp3) is 0.385. The summed E-state index contributed by atoms with van der Waals surface area (Å²) in [7, 11) is 0. The van der Waals surface area contributed by atoms with Crippen LogP contribution in [0.4, 0.5) is 0 Å². The van der Waals surface area contributed by atoms with Crippen LogP contribution < -0.4 is 4.74 Å². The molecular formula is C13H16O. The molecule has 0 aromatic heterocycles. The minimum Gasteiger partial charge on any atom is -0.493 e. The highest BCUT2D eigenvalue weighted by molar-refractivity contribution is 5.37. The number of rotatable bonds is 2. The SMILES string of the molecule is C/C=C/C[C@H]1CCOc2ccccc21. The monoisotopic (exact) mass is 188 g/mol. The lowest BCUT2D eigenvalue weighted by Crippen LogP contribution is -2.13. The Hall–Kier alpha value is -1.24. The zero-order valence-corrected chi connectivity index (χ0v) is 8.57. The van der Waals surface area contributed by atoms with Crippen molar-refractivity contribution in [2.24, 2.45) is 0 Å². The summed E-state index contributed by atoms with van der Waals surface area (Å²) in [5.74, 6) is 1.73. The maximum atomic E-state index is 5.61. The molecule has 1 aromatic rings. The van der Waals surface area contributed by atoms with Gasteiger partial charge in [0, 0.05) is 0 Å². The summed E-state index contributed by atoms with van der Waals surface area (Å²) < 4.78 is 5.61. The van der Waals surface area contributed by atoms with Crippen LogP contribution in [0.3, 0.4) is 0 Å². The van der Waals surface area contributed by atoms with E-state index in [2.05, 4.69) is 37.3 Å². The first-order valence-corrected chi connectivity index (χ1v) is 5.24. The van der Waals surface area contributed by atoms with E-state index in [1.165, 1.54) is 5.56 Å². The molecule has 0 spiro atoms. The number of hydrogen-bond acceptors (Lipinski definition) is 1. The van der Waals surface area contributed by atoms with E-state index in [1.807, 2.05) is 6.07 Å². The smallest absolute Gasteiger partial charge is 0.122 e. The van der Waals surface area contributed by atoms with Gasteiger partial charge in [-0.1, -0.05) is 30.4 Å². The van der Waals surface area contributed by atoms with Gasteiger partial charge in [0.1, 0.15) is 5.75 Å². The fourth-order valence-electron chi connectivity index (χ4n) is 1.96. The summed E-state index contributed by atoms with van der Waals surface area (Å²) in [5.41, 5.74) is 1.37. The fourth-order valence-corrected chi connectivity index (χ4v) is 1.96. The molecule has 0 saturated carbocycles. The van der Waals surface area contributed by atoms with Gasteiger partial charge in [-0.15, -0.1) is 0 Å². The average molecular weight is 188 g/mol. The number of benzene rings is 1. The molecule has 1 atom stereocenters. The van der Waals surface area contributed by atoms with E-state index < -0.39 is 0 Å². The average Bonchev–Trinajstić information content (AvgIpc) is 2.26. The molecule has 0 amide bonds. The molecule has 0 saturated heterocycles. The first-order chi connectivity index (χ1) is 6.92. The van der Waals surface area contributed by atoms with Crippen molar-refractivity contribution in [2.45, 2.75) is 25.7 Å². The Morgan fingerprint density at radius 1 is 1.43 bits per heavy atom. The third-order valence-corrected chi connectivity index (χ3v) is 2.74. The number of para-hydroxylation sites is 1. The highest BCUT2D eigenvalue weighted by Gasteiger charge is 2.19. The number of ether oxygens (including phenoxy) is 1. The molecule has 1 nitrogen and oxygen atoms in total. The van der Waals surface area contributed by atoms with Crippen molar-refractivity contribution in [1.82, 2.24) is 0 Å². The number of hydrogen-bond donors (Lipinski definition) is 0. The van der Waals surface area contributed by atoms with E-state index >= 15 is 0 Å². The standard InChI is InChI=1S/C13H16O/c1-2-3-6-11-9-10-14-13-8-5-4-7-12(11)13/h2-5,7-8,11H,6,9-10H2,1H3/b3-2+/t11-/m0/s1. The summed E-state index contributed by atoms with van der Waals surface area (Å²) in [5, 5.41) is 0. The van der Waals surface area contributed by atoms with Crippen molar-refractivity contribution in [2.75, 3.05) is 6.61 Å². The molecule has 1 heteroatoms. The van der Waals surface area contributed by atoms with Crippen LogP contribution >= 0.6 is 0 Å². The molecule has 14 heavy (non-hydrogen) atoms. The quantitative estimate of drug-likeness (QED) is 0.645. The van der Waals surface area contributed by atoms with Crippen LogP contribution in [0.1, 0.15) is 31.2 Å². The van der Waals surface area contributed by atoms with E-state index in [4.69, 9.17) is 4.74 Å². The summed E-state index contributed by atoms with van der Waals surface area (Å²) >= 11 is 0. The summed E-state index contributed by atoms with van der Waals surface area (Å²) in [4.78, 5) is 0. The second-order valence-corrected chi connectivity index (χ2v) is 3.68. The predicted molar refractivity (Wildman–Crippen MR) is 58.7 cm³/mol. The molecule has 0 unspecified atom stereocenters. The Morgan fingerprint density at radius 3 is 3.14 bits per heavy atom. The molecule has 0 radical (unpaired) electrons. The summed E-state index contributed by atoms with van der Waals surface area (Å²) in [6.45, 7) is 2.93. The lowest BCUT2D eigenvalue weighted by atomic mass is 9.90. The van der Waals surface area contributed by atoms with Crippen LogP contribution in [0.15, 0.2) is 36.4 Å². The van der Waals surface area contributed by atoms with Gasteiger partial charge < -0.3 is 4.74 Å². The summed E-state index contributed by atoms with van der Waals surface area (Å²) in [6, 6.07) is 8.38. The third-order valence-electron chi connectivity index (χ3n) is 2.74. The molecule has 1 aliphatic heterocycles. The Labute approximate surface area is 85.4 Å². The van der Waals surface area contributed by atoms with Crippen LogP contribution in [0.25, 0.3) is 0 Å². The van der Waals surface area contributed by atoms with E-state index in [0.717, 1.165) is 25.2 Å². The minimum atomic E-state index is 0.649. The Balaban J connectivity index is 2.22. The molecule has 0 N–H and O–H groups in total. The largest absolute Gasteiger partial charge is 0.493 e. The molecule has 1 heterocycles. The van der Waals surface area contributed by atoms with Crippen molar-refractivity contribution < 1.29 is 4.74 Å². The van der Waals surface area contributed by atoms with Crippen molar-refractivity contribution in [3.63, 3.8) is 0 Å². The van der Waals surface area contributed by atoms with Gasteiger partial charge in [-0.2, -0.15) is 0 Å². The maximum absolute atomic E-state index is 5.61. The maximum Gasteiger partial charge on any atom is 0.122 e. The number of fused-ring (bicyclic) bond motifs is 1. The van der Waals surface area contributed by atoms with Crippen LogP contribution in [0.2, 0.25) is 0 Å². The van der Waals surface area contributed by atoms with Crippen LogP contribution in [0, 0.1) is 0 Å². The Bertz CT molecular complexity index is 328. The molecule has 74 valence electrons. The predicted octanol–water partition coefficient (Wildman–Crippen LogP) is 3.52. The first kappa shape index (κ1) is 9.32. The van der Waals surface area contributed by atoms with Crippen molar-refractivity contribution >= 4 is 0 Å². The van der Waals surface area contributed by atoms with Crippen molar-refractivity contribution in [3.05, 3.63) is 42.0 Å². The van der Waals surface area contributed by atoms with Gasteiger partial charge >= 0.3 is 0 Å². The van der Waals surface area contributed by atoms with Gasteiger partial charge in [-0.05, 0) is 37.3 Å². The van der Waals surface area contributed by atoms with Gasteiger partial charge in [0.2, 0.25) is 0 Å². The molecule has 0 aliphatic carbocycles. The van der Waals surface area contributed by atoms with Gasteiger partial charge in [-0.3, -0.25) is 0 Å². The van der Waals surface area contributed by atoms with Gasteiger partial charge in [-0.25, -0.2) is 0 Å². The zero-order chi connectivity index (χ0) is 9.80. The third kappa shape index (κ3) is 1.82. The minimum absolute atomic E-state index is 0.649. The topological polar surface area (TPSA) is 9.23 Å².